The van der Waals surface area contributed by atoms with E-state index >= 15 is 0 Å². The summed E-state index contributed by atoms with van der Waals surface area (Å²) in [7, 11) is 1.53. The number of allylic oxidation sites excluding steroid dienone is 1. The summed E-state index contributed by atoms with van der Waals surface area (Å²) in [5.41, 5.74) is 16.5. The van der Waals surface area contributed by atoms with Crippen molar-refractivity contribution in [2.24, 2.45) is 5.92 Å². The topological polar surface area (TPSA) is 38.9 Å². The molecule has 1 heterocycles. The Labute approximate surface area is 196 Å². The van der Waals surface area contributed by atoms with Crippen molar-refractivity contribution in [1.82, 2.24) is 4.98 Å². The number of fused-ring (bicyclic) bond motifs is 3. The zero-order valence-electron chi connectivity index (χ0n) is 17.4. The van der Waals surface area contributed by atoms with Crippen molar-refractivity contribution in [1.29, 1.82) is 0 Å². The van der Waals surface area contributed by atoms with Gasteiger partial charge in [0.05, 0.1) is 5.69 Å². The van der Waals surface area contributed by atoms with E-state index in [1.165, 1.54) is 30.6 Å². The molecule has 0 aliphatic heterocycles. The lowest BCUT2D eigenvalue weighted by Gasteiger charge is -2.31. The number of unbranched alkanes of at least 4 members (excludes halogenated alkanes) is 1. The molecule has 0 bridgehead atoms. The van der Waals surface area contributed by atoms with E-state index in [1.807, 2.05) is 6.92 Å². The van der Waals surface area contributed by atoms with Crippen molar-refractivity contribution in [2.45, 2.75) is 52.4 Å². The maximum Gasteiger partial charge on any atom is 0.124 e. The maximum absolute atomic E-state index is 6.47. The van der Waals surface area contributed by atoms with Crippen LogP contribution in [0.4, 0.5) is 5.69 Å². The van der Waals surface area contributed by atoms with Crippen LogP contribution in [0.15, 0.2) is 24.8 Å². The molecule has 0 amide bonds. The van der Waals surface area contributed by atoms with Gasteiger partial charge in [-0.1, -0.05) is 34.8 Å². The zero-order chi connectivity index (χ0) is 21.1. The van der Waals surface area contributed by atoms with Crippen LogP contribution in [-0.4, -0.2) is 10.7 Å². The third kappa shape index (κ3) is 4.84. The van der Waals surface area contributed by atoms with E-state index in [1.54, 1.807) is 0 Å². The summed E-state index contributed by atoms with van der Waals surface area (Å²) < 4.78 is 0. The summed E-state index contributed by atoms with van der Waals surface area (Å²) in [6, 6.07) is 6.77. The molecule has 0 saturated carbocycles. The molecule has 29 heavy (non-hydrogen) atoms. The van der Waals surface area contributed by atoms with E-state index in [9.17, 15) is 0 Å². The van der Waals surface area contributed by atoms with Gasteiger partial charge in [-0.2, -0.15) is 12.6 Å². The number of nitrogen functional groups attached to an aromatic ring is 1. The van der Waals surface area contributed by atoms with E-state index in [0.29, 0.717) is 11.8 Å². The molecule has 2 aromatic rings. The van der Waals surface area contributed by atoms with Crippen molar-refractivity contribution in [3.63, 3.8) is 0 Å². The minimum absolute atomic E-state index is 0.443. The average Bonchev–Trinajstić information content (AvgIpc) is 2.67. The fourth-order valence-corrected chi connectivity index (χ4v) is 5.23. The Hall–Kier alpha value is -1.01. The number of pyridine rings is 1. The van der Waals surface area contributed by atoms with Crippen molar-refractivity contribution in [3.05, 3.63) is 52.7 Å². The SMILES string of the molecule is C=C(C)c1cc2c(nc1C#SI)-c1cc(N)c(CCCCS)cc1CC2C(C)C. The van der Waals surface area contributed by atoms with Crippen LogP contribution < -0.4 is 5.73 Å². The molecule has 1 aliphatic carbocycles. The van der Waals surface area contributed by atoms with Gasteiger partial charge in [-0.25, -0.2) is 4.98 Å². The predicted octanol–water partition coefficient (Wildman–Crippen LogP) is 7.30. The Kier molecular flexibility index (Phi) is 7.71. The first-order valence-corrected chi connectivity index (χ1v) is 14.1. The molecule has 2 nitrogen and oxygen atoms in total. The van der Waals surface area contributed by atoms with Gasteiger partial charge in [-0.15, -0.1) is 0 Å². The average molecular weight is 537 g/mol. The van der Waals surface area contributed by atoms with Gasteiger partial charge < -0.3 is 5.73 Å². The molecule has 1 aromatic carbocycles. The second-order valence-corrected chi connectivity index (χ2v) is 10.4. The number of nitrogens with zero attached hydrogens (tertiary/aromatic N) is 1. The monoisotopic (exact) mass is 536 g/mol. The van der Waals surface area contributed by atoms with Gasteiger partial charge in [-0.3, -0.25) is 0 Å². The van der Waals surface area contributed by atoms with Crippen LogP contribution in [-0.2, 0) is 12.8 Å². The third-order valence-electron chi connectivity index (χ3n) is 5.77. The third-order valence-corrected chi connectivity index (χ3v) is 7.01. The lowest BCUT2D eigenvalue weighted by molar-refractivity contribution is 0.490. The minimum Gasteiger partial charge on any atom is -0.398 e. The van der Waals surface area contributed by atoms with Gasteiger partial charge in [0, 0.05) is 38.0 Å². The molecule has 1 aliphatic rings. The molecule has 3 rings (SSSR count). The summed E-state index contributed by atoms with van der Waals surface area (Å²) >= 11 is 6.57. The van der Waals surface area contributed by atoms with Crippen LogP contribution in [0.3, 0.4) is 0 Å². The molecule has 0 radical (unpaired) electrons. The smallest absolute Gasteiger partial charge is 0.124 e. The van der Waals surface area contributed by atoms with Crippen molar-refractivity contribution >= 4 is 53.4 Å². The van der Waals surface area contributed by atoms with Gasteiger partial charge in [0.1, 0.15) is 5.69 Å². The van der Waals surface area contributed by atoms with E-state index in [2.05, 4.69) is 77.6 Å². The predicted molar refractivity (Wildman–Crippen MR) is 141 cm³/mol. The van der Waals surface area contributed by atoms with Crippen LogP contribution >= 0.6 is 42.2 Å². The van der Waals surface area contributed by atoms with Crippen LogP contribution in [0.1, 0.15) is 67.5 Å². The lowest BCUT2D eigenvalue weighted by Crippen LogP contribution is -2.19. The number of anilines is 1. The maximum atomic E-state index is 6.47. The van der Waals surface area contributed by atoms with E-state index < -0.39 is 0 Å². The fourth-order valence-electron chi connectivity index (χ4n) is 4.15. The van der Waals surface area contributed by atoms with Crippen molar-refractivity contribution in [2.75, 3.05) is 11.5 Å². The summed E-state index contributed by atoms with van der Waals surface area (Å²) in [6.45, 7) is 10.8. The summed E-state index contributed by atoms with van der Waals surface area (Å²) in [4.78, 5) is 5.08. The van der Waals surface area contributed by atoms with Crippen LogP contribution in [0, 0.1) is 11.1 Å². The normalized spacial score (nSPS) is 14.9. The van der Waals surface area contributed by atoms with Crippen LogP contribution in [0.25, 0.3) is 16.8 Å². The first-order valence-electron chi connectivity index (χ1n) is 10.1. The second-order valence-electron chi connectivity index (χ2n) is 8.23. The first kappa shape index (κ1) is 22.7. The van der Waals surface area contributed by atoms with Gasteiger partial charge in [0.15, 0.2) is 0 Å². The quantitative estimate of drug-likeness (QED) is 0.176. The molecule has 1 aromatic heterocycles. The molecule has 1 atom stereocenters. The van der Waals surface area contributed by atoms with E-state index in [0.717, 1.165) is 59.6 Å². The van der Waals surface area contributed by atoms with Crippen molar-refractivity contribution in [3.8, 4) is 16.4 Å². The Morgan fingerprint density at radius 2 is 2.14 bits per heavy atom. The number of hydrogen-bond donors (Lipinski definition) is 2. The molecule has 5 heteroatoms. The summed E-state index contributed by atoms with van der Waals surface area (Å²) in [6.07, 6.45) is 4.29. The highest BCUT2D eigenvalue weighted by molar-refractivity contribution is 14.2. The largest absolute Gasteiger partial charge is 0.398 e. The number of nitrogens with two attached hydrogens (primary N) is 1. The van der Waals surface area contributed by atoms with Crippen molar-refractivity contribution < 1.29 is 0 Å². The van der Waals surface area contributed by atoms with Gasteiger partial charge in [0.2, 0.25) is 0 Å². The number of rotatable bonds is 6. The standard InChI is InChI=1S/C24H29IN2S2/c1-14(2)18-10-17-9-16(7-5-6-8-28)22(26)12-20(17)24-21(18)11-19(15(3)4)23(27-24)13-29-25/h9,11-12,14,18,28H,3,5-8,10,26H2,1-2,4H3. The molecule has 0 spiro atoms. The van der Waals surface area contributed by atoms with Gasteiger partial charge in [-0.05, 0) is 89.8 Å². The lowest BCUT2D eigenvalue weighted by atomic mass is 9.74. The number of aryl methyl sites for hydroxylation is 1. The first-order chi connectivity index (χ1) is 13.9. The van der Waals surface area contributed by atoms with E-state index in [4.69, 9.17) is 10.7 Å². The fraction of sp³-hybridized carbons (Fsp3) is 0.417. The molecule has 0 fully saturated rings. The number of thiol groups is 1. The molecule has 0 saturated heterocycles. The second kappa shape index (κ2) is 9.86. The number of benzene rings is 1. The Morgan fingerprint density at radius 1 is 1.38 bits per heavy atom. The highest BCUT2D eigenvalue weighted by atomic mass is 127. The molecular weight excluding hydrogens is 507 g/mol. The van der Waals surface area contributed by atoms with Crippen LogP contribution in [0.5, 0.6) is 0 Å². The van der Waals surface area contributed by atoms with E-state index in [-0.39, 0.29) is 0 Å². The van der Waals surface area contributed by atoms with Gasteiger partial charge in [0.25, 0.3) is 0 Å². The molecule has 1 unspecified atom stereocenters. The number of hydrogen-bond acceptors (Lipinski definition) is 3. The zero-order valence-corrected chi connectivity index (χ0v) is 21.3. The Balaban J connectivity index is 2.19. The molecule has 154 valence electrons. The summed E-state index contributed by atoms with van der Waals surface area (Å²) in [5, 5.41) is 3.34. The molecular formula is C24H29IN2S2. The summed E-state index contributed by atoms with van der Waals surface area (Å²) in [5.74, 6) is 1.90. The number of aromatic nitrogens is 1. The molecule has 2 N–H and O–H groups in total. The minimum atomic E-state index is 0.443. The highest BCUT2D eigenvalue weighted by Gasteiger charge is 2.30. The van der Waals surface area contributed by atoms with Crippen LogP contribution in [0.2, 0.25) is 0 Å². The Morgan fingerprint density at radius 3 is 2.76 bits per heavy atom. The number of halogens is 1. The highest BCUT2D eigenvalue weighted by Crippen LogP contribution is 2.44. The van der Waals surface area contributed by atoms with Gasteiger partial charge >= 0.3 is 0 Å². The Bertz CT molecular complexity index is 1000.